The first-order valence-corrected chi connectivity index (χ1v) is 7.22. The molecule has 0 saturated heterocycles. The predicted molar refractivity (Wildman–Crippen MR) is 75.9 cm³/mol. The van der Waals surface area contributed by atoms with Crippen LogP contribution in [0.5, 0.6) is 0 Å². The van der Waals surface area contributed by atoms with Gasteiger partial charge in [0.2, 0.25) is 0 Å². The second-order valence-electron chi connectivity index (χ2n) is 4.44. The van der Waals surface area contributed by atoms with Crippen LogP contribution < -0.4 is 0 Å². The molecule has 0 aliphatic rings. The number of unbranched alkanes of at least 4 members (excludes halogenated alkanes) is 4. The Hall–Kier alpha value is -0.810. The van der Waals surface area contributed by atoms with Gasteiger partial charge in [0.15, 0.2) is 0 Å². The standard InChI is InChI=1S/C15H20BrN/c1-2-3-4-5-6-7-14(12-17)13-8-10-15(16)11-9-13/h8-11,14H,2-7H2,1H3/t14-/m1/s1. The van der Waals surface area contributed by atoms with Crippen molar-refractivity contribution in [1.82, 2.24) is 0 Å². The number of benzene rings is 1. The largest absolute Gasteiger partial charge is 0.198 e. The van der Waals surface area contributed by atoms with Crippen LogP contribution in [-0.4, -0.2) is 0 Å². The summed E-state index contributed by atoms with van der Waals surface area (Å²) in [7, 11) is 0. The lowest BCUT2D eigenvalue weighted by molar-refractivity contribution is 0.589. The van der Waals surface area contributed by atoms with E-state index < -0.39 is 0 Å². The van der Waals surface area contributed by atoms with E-state index in [0.29, 0.717) is 0 Å². The zero-order valence-electron chi connectivity index (χ0n) is 10.5. The SMILES string of the molecule is CCCCCCC[C@H](C#N)c1ccc(Br)cc1. The summed E-state index contributed by atoms with van der Waals surface area (Å²) in [4.78, 5) is 0. The van der Waals surface area contributed by atoms with Crippen molar-refractivity contribution < 1.29 is 0 Å². The van der Waals surface area contributed by atoms with Crippen LogP contribution in [0, 0.1) is 11.3 Å². The highest BCUT2D eigenvalue weighted by Crippen LogP contribution is 2.23. The molecule has 92 valence electrons. The van der Waals surface area contributed by atoms with Gasteiger partial charge in [0.1, 0.15) is 0 Å². The van der Waals surface area contributed by atoms with Gasteiger partial charge < -0.3 is 0 Å². The topological polar surface area (TPSA) is 23.8 Å². The van der Waals surface area contributed by atoms with Gasteiger partial charge in [0.05, 0.1) is 12.0 Å². The van der Waals surface area contributed by atoms with E-state index in [1.807, 2.05) is 24.3 Å². The summed E-state index contributed by atoms with van der Waals surface area (Å²) in [6.07, 6.45) is 7.29. The molecule has 2 heteroatoms. The maximum atomic E-state index is 9.19. The quantitative estimate of drug-likeness (QED) is 0.616. The van der Waals surface area contributed by atoms with E-state index in [1.54, 1.807) is 0 Å². The smallest absolute Gasteiger partial charge is 0.0712 e. The van der Waals surface area contributed by atoms with Gasteiger partial charge in [0, 0.05) is 4.47 Å². The third-order valence-electron chi connectivity index (χ3n) is 3.02. The van der Waals surface area contributed by atoms with E-state index in [4.69, 9.17) is 0 Å². The molecular formula is C15H20BrN. The molecule has 1 nitrogen and oxygen atoms in total. The summed E-state index contributed by atoms with van der Waals surface area (Å²) >= 11 is 3.41. The molecule has 0 aromatic heterocycles. The van der Waals surface area contributed by atoms with Crippen molar-refractivity contribution in [3.05, 3.63) is 34.3 Å². The average molecular weight is 294 g/mol. The van der Waals surface area contributed by atoms with Crippen LogP contribution >= 0.6 is 15.9 Å². The summed E-state index contributed by atoms with van der Waals surface area (Å²) in [5, 5.41) is 9.19. The summed E-state index contributed by atoms with van der Waals surface area (Å²) in [5.41, 5.74) is 1.14. The van der Waals surface area contributed by atoms with E-state index in [0.717, 1.165) is 22.9 Å². The van der Waals surface area contributed by atoms with Crippen LogP contribution in [-0.2, 0) is 0 Å². The maximum Gasteiger partial charge on any atom is 0.0712 e. The number of rotatable bonds is 7. The molecule has 0 fully saturated rings. The Morgan fingerprint density at radius 3 is 2.35 bits per heavy atom. The molecule has 0 spiro atoms. The first-order chi connectivity index (χ1) is 8.27. The van der Waals surface area contributed by atoms with Crippen molar-refractivity contribution in [3.8, 4) is 6.07 Å². The number of hydrogen-bond donors (Lipinski definition) is 0. The minimum Gasteiger partial charge on any atom is -0.198 e. The Balaban J connectivity index is 2.39. The molecule has 1 atom stereocenters. The van der Waals surface area contributed by atoms with Crippen LogP contribution in [0.3, 0.4) is 0 Å². The molecule has 17 heavy (non-hydrogen) atoms. The van der Waals surface area contributed by atoms with Crippen LogP contribution in [0.15, 0.2) is 28.7 Å². The van der Waals surface area contributed by atoms with E-state index >= 15 is 0 Å². The highest BCUT2D eigenvalue weighted by atomic mass is 79.9. The van der Waals surface area contributed by atoms with Gasteiger partial charge in [-0.05, 0) is 24.1 Å². The van der Waals surface area contributed by atoms with Crippen molar-refractivity contribution in [2.24, 2.45) is 0 Å². The minimum absolute atomic E-state index is 0.0599. The fourth-order valence-electron chi connectivity index (χ4n) is 1.95. The van der Waals surface area contributed by atoms with Gasteiger partial charge in [-0.1, -0.05) is 67.1 Å². The molecule has 0 aliphatic heterocycles. The zero-order valence-corrected chi connectivity index (χ0v) is 12.0. The van der Waals surface area contributed by atoms with Crippen molar-refractivity contribution in [2.75, 3.05) is 0 Å². The fraction of sp³-hybridized carbons (Fsp3) is 0.533. The number of nitriles is 1. The van der Waals surface area contributed by atoms with Gasteiger partial charge in [-0.2, -0.15) is 5.26 Å². The van der Waals surface area contributed by atoms with E-state index in [2.05, 4.69) is 28.9 Å². The molecule has 0 bridgehead atoms. The van der Waals surface area contributed by atoms with E-state index in [9.17, 15) is 5.26 Å². The lowest BCUT2D eigenvalue weighted by Gasteiger charge is -2.09. The van der Waals surface area contributed by atoms with Crippen LogP contribution in [0.4, 0.5) is 0 Å². The monoisotopic (exact) mass is 293 g/mol. The Morgan fingerprint density at radius 1 is 1.12 bits per heavy atom. The molecule has 0 radical (unpaired) electrons. The van der Waals surface area contributed by atoms with Crippen molar-refractivity contribution in [2.45, 2.75) is 51.4 Å². The number of nitrogens with zero attached hydrogens (tertiary/aromatic N) is 1. The molecule has 0 N–H and O–H groups in total. The van der Waals surface area contributed by atoms with Crippen molar-refractivity contribution >= 4 is 15.9 Å². The van der Waals surface area contributed by atoms with E-state index in [1.165, 1.54) is 25.7 Å². The molecule has 0 heterocycles. The highest BCUT2D eigenvalue weighted by molar-refractivity contribution is 9.10. The average Bonchev–Trinajstić information content (AvgIpc) is 2.35. The molecule has 0 unspecified atom stereocenters. The van der Waals surface area contributed by atoms with Crippen LogP contribution in [0.1, 0.15) is 56.9 Å². The van der Waals surface area contributed by atoms with Crippen LogP contribution in [0.2, 0.25) is 0 Å². The number of hydrogen-bond acceptors (Lipinski definition) is 1. The van der Waals surface area contributed by atoms with Gasteiger partial charge in [-0.3, -0.25) is 0 Å². The molecule has 1 aromatic rings. The molecule has 1 rings (SSSR count). The van der Waals surface area contributed by atoms with Gasteiger partial charge in [-0.15, -0.1) is 0 Å². The molecule has 0 amide bonds. The molecule has 1 aromatic carbocycles. The summed E-state index contributed by atoms with van der Waals surface area (Å²) in [5.74, 6) is 0.0599. The van der Waals surface area contributed by atoms with Gasteiger partial charge in [0.25, 0.3) is 0 Å². The third kappa shape index (κ3) is 5.37. The molecular weight excluding hydrogens is 274 g/mol. The first-order valence-electron chi connectivity index (χ1n) is 6.43. The third-order valence-corrected chi connectivity index (χ3v) is 3.55. The fourth-order valence-corrected chi connectivity index (χ4v) is 2.22. The van der Waals surface area contributed by atoms with Crippen LogP contribution in [0.25, 0.3) is 0 Å². The van der Waals surface area contributed by atoms with Gasteiger partial charge in [-0.25, -0.2) is 0 Å². The molecule has 0 aliphatic carbocycles. The Labute approximate surface area is 113 Å². The number of halogens is 1. The van der Waals surface area contributed by atoms with Crippen molar-refractivity contribution in [3.63, 3.8) is 0 Å². The normalized spacial score (nSPS) is 12.1. The summed E-state index contributed by atoms with van der Waals surface area (Å²) in [6.45, 7) is 2.22. The van der Waals surface area contributed by atoms with Gasteiger partial charge >= 0.3 is 0 Å². The molecule has 0 saturated carbocycles. The maximum absolute atomic E-state index is 9.19. The zero-order chi connectivity index (χ0) is 12.5. The lowest BCUT2D eigenvalue weighted by atomic mass is 9.94. The predicted octanol–water partition coefficient (Wildman–Crippen LogP) is 5.42. The second kappa shape index (κ2) is 8.31. The lowest BCUT2D eigenvalue weighted by Crippen LogP contribution is -1.95. The Morgan fingerprint density at radius 2 is 1.76 bits per heavy atom. The van der Waals surface area contributed by atoms with E-state index in [-0.39, 0.29) is 5.92 Å². The second-order valence-corrected chi connectivity index (χ2v) is 5.35. The highest BCUT2D eigenvalue weighted by Gasteiger charge is 2.09. The first kappa shape index (κ1) is 14.3. The minimum atomic E-state index is 0.0599. The van der Waals surface area contributed by atoms with Crippen molar-refractivity contribution in [1.29, 1.82) is 5.26 Å². The summed E-state index contributed by atoms with van der Waals surface area (Å²) in [6, 6.07) is 10.5. The summed E-state index contributed by atoms with van der Waals surface area (Å²) < 4.78 is 1.07. The Kier molecular flexibility index (Phi) is 6.96. The Bertz CT molecular complexity index is 350.